The van der Waals surface area contributed by atoms with Crippen LogP contribution in [0.4, 0.5) is 10.5 Å². The fraction of sp³-hybridized carbons (Fsp3) is 0.636. The number of hydrogen-bond donors (Lipinski definition) is 1. The zero-order valence-corrected chi connectivity index (χ0v) is 16.3. The molecule has 1 N–H and O–H groups in total. The summed E-state index contributed by atoms with van der Waals surface area (Å²) in [5.41, 5.74) is 0.727. The normalized spacial score (nSPS) is 21.0. The highest BCUT2D eigenvalue weighted by Gasteiger charge is 2.15. The zero-order chi connectivity index (χ0) is 19.2. The molecular formula is C22H33NO4. The van der Waals surface area contributed by atoms with Gasteiger partial charge in [-0.05, 0) is 44.2 Å². The number of hydrogen-bond acceptors (Lipinski definition) is 4. The first kappa shape index (κ1) is 21.3. The summed E-state index contributed by atoms with van der Waals surface area (Å²) in [5.74, 6) is -0.110. The summed E-state index contributed by atoms with van der Waals surface area (Å²) < 4.78 is 10.9. The van der Waals surface area contributed by atoms with Crippen LogP contribution in [0.5, 0.6) is 0 Å². The van der Waals surface area contributed by atoms with Gasteiger partial charge >= 0.3 is 12.1 Å². The van der Waals surface area contributed by atoms with Crippen molar-refractivity contribution in [3.63, 3.8) is 0 Å². The summed E-state index contributed by atoms with van der Waals surface area (Å²) in [6.07, 6.45) is 11.4. The number of para-hydroxylation sites is 1. The third-order valence-electron chi connectivity index (χ3n) is 4.88. The SMILES string of the molecule is O=C1CCCCCCCCCCC(OC(=O)Nc2ccccc2)CCCO1. The minimum atomic E-state index is -0.419. The standard InChI is InChI=1S/C22H33NO4/c24-21-17-11-6-4-2-1-3-5-10-15-20(16-12-18-26-21)27-22(25)23-19-13-8-7-9-14-19/h7-9,13-14,20H,1-6,10-12,15-18H2,(H,23,25). The molecule has 5 heteroatoms. The van der Waals surface area contributed by atoms with Gasteiger partial charge in [0.25, 0.3) is 0 Å². The lowest BCUT2D eigenvalue weighted by Gasteiger charge is -2.18. The molecule has 1 aliphatic rings. The van der Waals surface area contributed by atoms with Crippen molar-refractivity contribution in [1.29, 1.82) is 0 Å². The van der Waals surface area contributed by atoms with E-state index in [0.29, 0.717) is 13.0 Å². The van der Waals surface area contributed by atoms with Gasteiger partial charge in [0.2, 0.25) is 0 Å². The van der Waals surface area contributed by atoms with Gasteiger partial charge in [0.15, 0.2) is 0 Å². The van der Waals surface area contributed by atoms with Crippen molar-refractivity contribution in [2.45, 2.75) is 83.2 Å². The van der Waals surface area contributed by atoms with Gasteiger partial charge in [0.05, 0.1) is 6.61 Å². The average molecular weight is 376 g/mol. The van der Waals surface area contributed by atoms with E-state index >= 15 is 0 Å². The second-order valence-corrected chi connectivity index (χ2v) is 7.25. The summed E-state index contributed by atoms with van der Waals surface area (Å²) in [4.78, 5) is 23.9. The van der Waals surface area contributed by atoms with Crippen LogP contribution in [0.3, 0.4) is 0 Å². The Kier molecular flexibility index (Phi) is 10.4. The predicted octanol–water partition coefficient (Wildman–Crippen LogP) is 5.84. The number of nitrogens with one attached hydrogen (secondary N) is 1. The van der Waals surface area contributed by atoms with Crippen molar-refractivity contribution < 1.29 is 19.1 Å². The van der Waals surface area contributed by atoms with Crippen molar-refractivity contribution in [3.8, 4) is 0 Å². The largest absolute Gasteiger partial charge is 0.466 e. The Morgan fingerprint density at radius 2 is 1.52 bits per heavy atom. The van der Waals surface area contributed by atoms with E-state index in [9.17, 15) is 9.59 Å². The molecule has 1 amide bonds. The van der Waals surface area contributed by atoms with Crippen LogP contribution in [0.25, 0.3) is 0 Å². The lowest BCUT2D eigenvalue weighted by molar-refractivity contribution is -0.144. The Morgan fingerprint density at radius 3 is 2.26 bits per heavy atom. The molecule has 0 spiro atoms. The highest BCUT2D eigenvalue weighted by molar-refractivity contribution is 5.84. The lowest BCUT2D eigenvalue weighted by Crippen LogP contribution is -2.23. The molecule has 0 aliphatic carbocycles. The van der Waals surface area contributed by atoms with E-state index in [0.717, 1.165) is 44.2 Å². The van der Waals surface area contributed by atoms with Crippen LogP contribution in [-0.4, -0.2) is 24.8 Å². The molecule has 27 heavy (non-hydrogen) atoms. The second kappa shape index (κ2) is 13.2. The van der Waals surface area contributed by atoms with Gasteiger partial charge in [-0.3, -0.25) is 10.1 Å². The Bertz CT molecular complexity index is 547. The van der Waals surface area contributed by atoms with Gasteiger partial charge in [0.1, 0.15) is 6.10 Å². The molecule has 2 rings (SSSR count). The lowest BCUT2D eigenvalue weighted by atomic mass is 10.0. The van der Waals surface area contributed by atoms with Crippen LogP contribution in [0.2, 0.25) is 0 Å². The summed E-state index contributed by atoms with van der Waals surface area (Å²) >= 11 is 0. The van der Waals surface area contributed by atoms with Gasteiger partial charge in [0, 0.05) is 12.1 Å². The number of carbonyl (C=O) groups is 2. The Hall–Kier alpha value is -2.04. The van der Waals surface area contributed by atoms with Gasteiger partial charge in [-0.2, -0.15) is 0 Å². The fourth-order valence-corrected chi connectivity index (χ4v) is 3.35. The van der Waals surface area contributed by atoms with Crippen molar-refractivity contribution in [1.82, 2.24) is 0 Å². The number of cyclic esters (lactones) is 1. The predicted molar refractivity (Wildman–Crippen MR) is 107 cm³/mol. The Labute approximate surface area is 162 Å². The summed E-state index contributed by atoms with van der Waals surface area (Å²) in [5, 5.41) is 2.77. The molecule has 1 atom stereocenters. The molecule has 0 saturated carbocycles. The topological polar surface area (TPSA) is 64.6 Å². The number of amides is 1. The third kappa shape index (κ3) is 10.0. The monoisotopic (exact) mass is 375 g/mol. The molecule has 5 nitrogen and oxygen atoms in total. The Morgan fingerprint density at radius 1 is 0.889 bits per heavy atom. The van der Waals surface area contributed by atoms with Gasteiger partial charge < -0.3 is 9.47 Å². The van der Waals surface area contributed by atoms with Gasteiger partial charge in [-0.25, -0.2) is 4.79 Å². The number of anilines is 1. The Balaban J connectivity index is 1.79. The molecule has 1 aliphatic heterocycles. The highest BCUT2D eigenvalue weighted by atomic mass is 16.6. The van der Waals surface area contributed by atoms with E-state index in [1.54, 1.807) is 0 Å². The van der Waals surface area contributed by atoms with E-state index in [1.807, 2.05) is 30.3 Å². The van der Waals surface area contributed by atoms with E-state index in [4.69, 9.17) is 9.47 Å². The molecule has 1 aromatic rings. The van der Waals surface area contributed by atoms with Crippen LogP contribution < -0.4 is 5.32 Å². The molecule has 1 aromatic carbocycles. The summed E-state index contributed by atoms with van der Waals surface area (Å²) in [6, 6.07) is 9.31. The van der Waals surface area contributed by atoms with Crippen molar-refractivity contribution in [2.75, 3.05) is 11.9 Å². The first-order chi connectivity index (χ1) is 13.2. The van der Waals surface area contributed by atoms with Gasteiger partial charge in [-0.15, -0.1) is 0 Å². The smallest absolute Gasteiger partial charge is 0.411 e. The maximum absolute atomic E-state index is 12.2. The maximum atomic E-state index is 12.2. The molecule has 1 saturated heterocycles. The minimum Gasteiger partial charge on any atom is -0.466 e. The number of esters is 1. The quantitative estimate of drug-likeness (QED) is 0.659. The molecule has 1 unspecified atom stereocenters. The van der Waals surface area contributed by atoms with Crippen molar-refractivity contribution in [3.05, 3.63) is 30.3 Å². The number of benzene rings is 1. The average Bonchev–Trinajstić information content (AvgIpc) is 2.66. The molecule has 0 bridgehead atoms. The van der Waals surface area contributed by atoms with E-state index < -0.39 is 6.09 Å². The van der Waals surface area contributed by atoms with Crippen LogP contribution in [0.15, 0.2) is 30.3 Å². The number of carbonyl (C=O) groups excluding carboxylic acids is 2. The van der Waals surface area contributed by atoms with E-state index in [2.05, 4.69) is 5.32 Å². The molecule has 0 aromatic heterocycles. The van der Waals surface area contributed by atoms with Crippen LogP contribution in [0, 0.1) is 0 Å². The minimum absolute atomic E-state index is 0.110. The van der Waals surface area contributed by atoms with Gasteiger partial charge in [-0.1, -0.05) is 56.7 Å². The number of rotatable bonds is 2. The molecule has 150 valence electrons. The van der Waals surface area contributed by atoms with Crippen molar-refractivity contribution in [2.24, 2.45) is 0 Å². The molecular weight excluding hydrogens is 342 g/mol. The summed E-state index contributed by atoms with van der Waals surface area (Å²) in [6.45, 7) is 0.402. The highest BCUT2D eigenvalue weighted by Crippen LogP contribution is 2.17. The van der Waals surface area contributed by atoms with E-state index in [1.165, 1.54) is 32.1 Å². The number of ether oxygens (including phenoxy) is 2. The molecule has 1 fully saturated rings. The second-order valence-electron chi connectivity index (χ2n) is 7.25. The van der Waals surface area contributed by atoms with Crippen LogP contribution in [-0.2, 0) is 14.3 Å². The molecule has 0 radical (unpaired) electrons. The zero-order valence-electron chi connectivity index (χ0n) is 16.3. The maximum Gasteiger partial charge on any atom is 0.411 e. The fourth-order valence-electron chi connectivity index (χ4n) is 3.35. The third-order valence-corrected chi connectivity index (χ3v) is 4.88. The van der Waals surface area contributed by atoms with Crippen LogP contribution >= 0.6 is 0 Å². The van der Waals surface area contributed by atoms with Crippen LogP contribution in [0.1, 0.15) is 77.0 Å². The first-order valence-corrected chi connectivity index (χ1v) is 10.4. The first-order valence-electron chi connectivity index (χ1n) is 10.4. The molecule has 1 heterocycles. The summed E-state index contributed by atoms with van der Waals surface area (Å²) in [7, 11) is 0. The van der Waals surface area contributed by atoms with E-state index in [-0.39, 0.29) is 12.1 Å². The van der Waals surface area contributed by atoms with Crippen molar-refractivity contribution >= 4 is 17.7 Å².